The Balaban J connectivity index is 1.75. The zero-order valence-corrected chi connectivity index (χ0v) is 13.4. The highest BCUT2D eigenvalue weighted by atomic mass is 16.5. The van der Waals surface area contributed by atoms with E-state index in [9.17, 15) is 9.59 Å². The largest absolute Gasteiger partial charge is 0.465 e. The van der Waals surface area contributed by atoms with Crippen LogP contribution in [0.15, 0.2) is 36.7 Å². The summed E-state index contributed by atoms with van der Waals surface area (Å²) in [4.78, 5) is 34.2. The number of hydrogen-bond acceptors (Lipinski definition) is 6. The first-order chi connectivity index (χ1) is 11.7. The molecule has 1 fully saturated rings. The number of carbonyl (C=O) groups excluding carboxylic acids is 2. The Labute approximate surface area is 139 Å². The number of hydrogen-bond donors (Lipinski definition) is 1. The minimum absolute atomic E-state index is 0.0958. The van der Waals surface area contributed by atoms with Gasteiger partial charge in [-0.3, -0.25) is 4.79 Å². The highest BCUT2D eigenvalue weighted by Crippen LogP contribution is 2.20. The van der Waals surface area contributed by atoms with Gasteiger partial charge < -0.3 is 15.0 Å². The molecule has 1 saturated heterocycles. The van der Waals surface area contributed by atoms with E-state index in [1.165, 1.54) is 19.5 Å². The summed E-state index contributed by atoms with van der Waals surface area (Å²) in [6.07, 6.45) is 4.99. The number of esters is 1. The topological polar surface area (TPSA) is 84.4 Å². The Morgan fingerprint density at radius 2 is 1.88 bits per heavy atom. The predicted octanol–water partition coefficient (Wildman–Crippen LogP) is 2.24. The van der Waals surface area contributed by atoms with E-state index in [0.29, 0.717) is 22.8 Å². The molecule has 1 amide bonds. The molecule has 1 aliphatic rings. The van der Waals surface area contributed by atoms with Crippen LogP contribution in [0, 0.1) is 0 Å². The number of rotatable bonds is 4. The monoisotopic (exact) mass is 326 g/mol. The second-order valence-corrected chi connectivity index (χ2v) is 5.45. The minimum atomic E-state index is -0.438. The number of para-hydroxylation sites is 1. The van der Waals surface area contributed by atoms with Gasteiger partial charge in [-0.1, -0.05) is 12.1 Å². The zero-order chi connectivity index (χ0) is 16.9. The molecule has 0 unspecified atom stereocenters. The molecule has 7 nitrogen and oxygen atoms in total. The summed E-state index contributed by atoms with van der Waals surface area (Å²) in [7, 11) is 1.33. The van der Waals surface area contributed by atoms with Gasteiger partial charge in [0.05, 0.1) is 30.8 Å². The Morgan fingerprint density at radius 3 is 2.54 bits per heavy atom. The van der Waals surface area contributed by atoms with Crippen molar-refractivity contribution in [3.05, 3.63) is 47.9 Å². The van der Waals surface area contributed by atoms with Crippen molar-refractivity contribution in [2.75, 3.05) is 25.5 Å². The second kappa shape index (κ2) is 7.08. The lowest BCUT2D eigenvalue weighted by molar-refractivity contribution is 0.0601. The average molecular weight is 326 g/mol. The lowest BCUT2D eigenvalue weighted by atomic mass is 10.2. The SMILES string of the molecule is COC(=O)c1ccccc1Nc1cnc(C(=O)N2CCCC2)cn1. The fourth-order valence-electron chi connectivity index (χ4n) is 2.60. The van der Waals surface area contributed by atoms with E-state index in [1.54, 1.807) is 29.2 Å². The molecular formula is C17H18N4O3. The molecule has 1 aromatic heterocycles. The number of ether oxygens (including phenoxy) is 1. The van der Waals surface area contributed by atoms with E-state index < -0.39 is 5.97 Å². The molecular weight excluding hydrogens is 308 g/mol. The first-order valence-electron chi connectivity index (χ1n) is 7.74. The van der Waals surface area contributed by atoms with E-state index >= 15 is 0 Å². The van der Waals surface area contributed by atoms with Crippen LogP contribution in [0.3, 0.4) is 0 Å². The van der Waals surface area contributed by atoms with Crippen LogP contribution >= 0.6 is 0 Å². The third-order valence-electron chi connectivity index (χ3n) is 3.86. The van der Waals surface area contributed by atoms with Crippen LogP contribution in [-0.2, 0) is 4.74 Å². The summed E-state index contributed by atoms with van der Waals surface area (Å²) in [5.74, 6) is -0.0854. The molecule has 24 heavy (non-hydrogen) atoms. The number of benzene rings is 1. The van der Waals surface area contributed by atoms with Gasteiger partial charge in [-0.2, -0.15) is 0 Å². The highest BCUT2D eigenvalue weighted by molar-refractivity contribution is 5.96. The molecule has 3 rings (SSSR count). The maximum atomic E-state index is 12.2. The minimum Gasteiger partial charge on any atom is -0.465 e. The van der Waals surface area contributed by atoms with Crippen molar-refractivity contribution in [3.63, 3.8) is 0 Å². The smallest absolute Gasteiger partial charge is 0.339 e. The van der Waals surface area contributed by atoms with E-state index in [-0.39, 0.29) is 5.91 Å². The molecule has 0 saturated carbocycles. The Bertz CT molecular complexity index is 740. The van der Waals surface area contributed by atoms with E-state index in [0.717, 1.165) is 25.9 Å². The molecule has 0 spiro atoms. The van der Waals surface area contributed by atoms with Gasteiger partial charge in [0.2, 0.25) is 0 Å². The molecule has 1 aromatic carbocycles. The standard InChI is InChI=1S/C17H18N4O3/c1-24-17(23)12-6-2-3-7-13(12)20-15-11-18-14(10-19-15)16(22)21-8-4-5-9-21/h2-3,6-7,10-11H,4-5,8-9H2,1H3,(H,19,20). The molecule has 1 aliphatic heterocycles. The lowest BCUT2D eigenvalue weighted by Crippen LogP contribution is -2.28. The van der Waals surface area contributed by atoms with Crippen molar-refractivity contribution in [1.29, 1.82) is 0 Å². The quantitative estimate of drug-likeness (QED) is 0.868. The molecule has 0 atom stereocenters. The number of anilines is 2. The van der Waals surface area contributed by atoms with Gasteiger partial charge in [-0.25, -0.2) is 14.8 Å². The molecule has 0 bridgehead atoms. The molecule has 7 heteroatoms. The van der Waals surface area contributed by atoms with Crippen molar-refractivity contribution < 1.29 is 14.3 Å². The first kappa shape index (κ1) is 15.9. The number of carbonyl (C=O) groups is 2. The van der Waals surface area contributed by atoms with E-state index in [2.05, 4.69) is 15.3 Å². The molecule has 0 radical (unpaired) electrons. The molecule has 1 N–H and O–H groups in total. The van der Waals surface area contributed by atoms with Gasteiger partial charge in [0.1, 0.15) is 11.5 Å². The van der Waals surface area contributed by atoms with Gasteiger partial charge in [0.15, 0.2) is 0 Å². The van der Waals surface area contributed by atoms with Crippen LogP contribution in [0.4, 0.5) is 11.5 Å². The van der Waals surface area contributed by atoms with Gasteiger partial charge in [-0.05, 0) is 25.0 Å². The maximum Gasteiger partial charge on any atom is 0.339 e. The first-order valence-corrected chi connectivity index (χ1v) is 7.74. The summed E-state index contributed by atoms with van der Waals surface area (Å²) < 4.78 is 4.76. The summed E-state index contributed by atoms with van der Waals surface area (Å²) in [5.41, 5.74) is 1.29. The summed E-state index contributed by atoms with van der Waals surface area (Å²) in [6, 6.07) is 6.96. The van der Waals surface area contributed by atoms with Crippen molar-refractivity contribution in [2.24, 2.45) is 0 Å². The predicted molar refractivity (Wildman–Crippen MR) is 88.2 cm³/mol. The summed E-state index contributed by atoms with van der Waals surface area (Å²) >= 11 is 0. The number of amides is 1. The third kappa shape index (κ3) is 3.34. The van der Waals surface area contributed by atoms with E-state index in [4.69, 9.17) is 4.74 Å². The number of aromatic nitrogens is 2. The number of likely N-dealkylation sites (tertiary alicyclic amines) is 1. The van der Waals surface area contributed by atoms with Crippen molar-refractivity contribution in [2.45, 2.75) is 12.8 Å². The fraction of sp³-hybridized carbons (Fsp3) is 0.294. The van der Waals surface area contributed by atoms with Crippen LogP contribution in [0.2, 0.25) is 0 Å². The molecule has 124 valence electrons. The van der Waals surface area contributed by atoms with Crippen molar-refractivity contribution >= 4 is 23.4 Å². The summed E-state index contributed by atoms with van der Waals surface area (Å²) in [6.45, 7) is 1.54. The average Bonchev–Trinajstić information content (AvgIpc) is 3.16. The zero-order valence-electron chi connectivity index (χ0n) is 13.4. The van der Waals surface area contributed by atoms with Crippen LogP contribution < -0.4 is 5.32 Å². The Morgan fingerprint density at radius 1 is 1.12 bits per heavy atom. The van der Waals surface area contributed by atoms with Crippen molar-refractivity contribution in [1.82, 2.24) is 14.9 Å². The van der Waals surface area contributed by atoms with E-state index in [1.807, 2.05) is 0 Å². The Hall–Kier alpha value is -2.96. The normalized spacial score (nSPS) is 13.6. The highest BCUT2D eigenvalue weighted by Gasteiger charge is 2.20. The molecule has 0 aliphatic carbocycles. The second-order valence-electron chi connectivity index (χ2n) is 5.45. The Kier molecular flexibility index (Phi) is 4.69. The van der Waals surface area contributed by atoms with Crippen molar-refractivity contribution in [3.8, 4) is 0 Å². The lowest BCUT2D eigenvalue weighted by Gasteiger charge is -2.14. The summed E-state index contributed by atoms with van der Waals surface area (Å²) in [5, 5.41) is 3.02. The van der Waals surface area contributed by atoms with Gasteiger partial charge in [-0.15, -0.1) is 0 Å². The van der Waals surface area contributed by atoms with Crippen LogP contribution in [0.5, 0.6) is 0 Å². The number of nitrogens with zero attached hydrogens (tertiary/aromatic N) is 3. The fourth-order valence-corrected chi connectivity index (χ4v) is 2.60. The van der Waals surface area contributed by atoms with Crippen LogP contribution in [0.1, 0.15) is 33.7 Å². The third-order valence-corrected chi connectivity index (χ3v) is 3.86. The maximum absolute atomic E-state index is 12.2. The number of nitrogens with one attached hydrogen (secondary N) is 1. The van der Waals surface area contributed by atoms with Gasteiger partial charge in [0, 0.05) is 13.1 Å². The molecule has 2 heterocycles. The van der Waals surface area contributed by atoms with Crippen LogP contribution in [0.25, 0.3) is 0 Å². The van der Waals surface area contributed by atoms with Gasteiger partial charge in [0.25, 0.3) is 5.91 Å². The number of methoxy groups -OCH3 is 1. The van der Waals surface area contributed by atoms with Crippen LogP contribution in [-0.4, -0.2) is 46.9 Å². The molecule has 2 aromatic rings. The van der Waals surface area contributed by atoms with Gasteiger partial charge >= 0.3 is 5.97 Å².